The predicted octanol–water partition coefficient (Wildman–Crippen LogP) is 1.45. The number of ether oxygens (including phenoxy) is 2. The third kappa shape index (κ3) is 3.07. The van der Waals surface area contributed by atoms with Gasteiger partial charge in [0, 0.05) is 18.0 Å². The number of nitrogens with one attached hydrogen (secondary N) is 1. The average molecular weight is 249 g/mol. The highest BCUT2D eigenvalue weighted by Crippen LogP contribution is 2.16. The minimum Gasteiger partial charge on any atom is -0.465 e. The largest absolute Gasteiger partial charge is 0.465 e. The highest BCUT2D eigenvalue weighted by atomic mass is 16.5. The molecule has 1 amide bonds. The maximum Gasteiger partial charge on any atom is 0.337 e. The third-order valence-electron chi connectivity index (χ3n) is 2.77. The molecule has 1 heterocycles. The van der Waals surface area contributed by atoms with Crippen LogP contribution in [0.3, 0.4) is 0 Å². The minimum absolute atomic E-state index is 0.0332. The molecular weight excluding hydrogens is 234 g/mol. The van der Waals surface area contributed by atoms with E-state index in [9.17, 15) is 9.59 Å². The first-order chi connectivity index (χ1) is 8.69. The number of benzene rings is 1. The summed E-state index contributed by atoms with van der Waals surface area (Å²) in [5.74, 6) is -0.0899. The standard InChI is InChI=1S/C13H15NO4/c1-17-13(16)10-2-4-11(5-3-10)14-12(15)6-9-7-18-8-9/h2-5,9H,6-8H2,1H3,(H,14,15). The van der Waals surface area contributed by atoms with Crippen LogP contribution in [0.15, 0.2) is 24.3 Å². The molecule has 96 valence electrons. The maximum absolute atomic E-state index is 11.6. The molecule has 1 aromatic carbocycles. The van der Waals surface area contributed by atoms with Crippen molar-refractivity contribution in [3.8, 4) is 0 Å². The van der Waals surface area contributed by atoms with Gasteiger partial charge in [0.05, 0.1) is 25.9 Å². The van der Waals surface area contributed by atoms with Crippen LogP contribution >= 0.6 is 0 Å². The van der Waals surface area contributed by atoms with Crippen LogP contribution in [0.5, 0.6) is 0 Å². The van der Waals surface area contributed by atoms with Crippen molar-refractivity contribution in [1.82, 2.24) is 0 Å². The van der Waals surface area contributed by atoms with Crippen LogP contribution in [-0.2, 0) is 14.3 Å². The Bertz CT molecular complexity index is 437. The van der Waals surface area contributed by atoms with Gasteiger partial charge in [-0.15, -0.1) is 0 Å². The Morgan fingerprint density at radius 3 is 2.50 bits per heavy atom. The average Bonchev–Trinajstić information content (AvgIpc) is 2.34. The molecule has 1 aromatic rings. The lowest BCUT2D eigenvalue weighted by atomic mass is 10.0. The lowest BCUT2D eigenvalue weighted by Crippen LogP contribution is -2.31. The van der Waals surface area contributed by atoms with Crippen LogP contribution in [0.25, 0.3) is 0 Å². The summed E-state index contributed by atoms with van der Waals surface area (Å²) in [7, 11) is 1.33. The second-order valence-electron chi connectivity index (χ2n) is 4.22. The minimum atomic E-state index is -0.389. The lowest BCUT2D eigenvalue weighted by Gasteiger charge is -2.25. The van der Waals surface area contributed by atoms with Gasteiger partial charge < -0.3 is 14.8 Å². The molecule has 0 radical (unpaired) electrons. The summed E-state index contributed by atoms with van der Waals surface area (Å²) >= 11 is 0. The van der Waals surface area contributed by atoms with Gasteiger partial charge in [0.15, 0.2) is 0 Å². The van der Waals surface area contributed by atoms with Gasteiger partial charge in [-0.1, -0.05) is 0 Å². The van der Waals surface area contributed by atoms with Gasteiger partial charge in [0.2, 0.25) is 5.91 Å². The molecule has 18 heavy (non-hydrogen) atoms. The van der Waals surface area contributed by atoms with E-state index in [4.69, 9.17) is 4.74 Å². The highest BCUT2D eigenvalue weighted by Gasteiger charge is 2.21. The van der Waals surface area contributed by atoms with Crippen molar-refractivity contribution in [3.05, 3.63) is 29.8 Å². The molecule has 1 aliphatic heterocycles. The van der Waals surface area contributed by atoms with E-state index < -0.39 is 0 Å². The molecule has 0 bridgehead atoms. The molecule has 1 aliphatic rings. The Morgan fingerprint density at radius 1 is 1.33 bits per heavy atom. The molecule has 0 aliphatic carbocycles. The number of carbonyl (C=O) groups excluding carboxylic acids is 2. The normalized spacial score (nSPS) is 14.7. The number of carbonyl (C=O) groups is 2. The molecule has 5 heteroatoms. The van der Waals surface area contributed by atoms with Gasteiger partial charge in [-0.05, 0) is 24.3 Å². The number of hydrogen-bond donors (Lipinski definition) is 1. The summed E-state index contributed by atoms with van der Waals surface area (Å²) in [4.78, 5) is 22.8. The van der Waals surface area contributed by atoms with E-state index in [2.05, 4.69) is 10.1 Å². The Kier molecular flexibility index (Phi) is 3.94. The summed E-state index contributed by atoms with van der Waals surface area (Å²) in [5, 5.41) is 2.78. The van der Waals surface area contributed by atoms with Crippen molar-refractivity contribution in [1.29, 1.82) is 0 Å². The summed E-state index contributed by atoms with van der Waals surface area (Å²) < 4.78 is 9.60. The summed E-state index contributed by atoms with van der Waals surface area (Å²) in [6, 6.07) is 6.60. The fourth-order valence-corrected chi connectivity index (χ4v) is 1.68. The van der Waals surface area contributed by atoms with Gasteiger partial charge in [-0.2, -0.15) is 0 Å². The fourth-order valence-electron chi connectivity index (χ4n) is 1.68. The van der Waals surface area contributed by atoms with Gasteiger partial charge in [0.1, 0.15) is 0 Å². The monoisotopic (exact) mass is 249 g/mol. The van der Waals surface area contributed by atoms with Crippen molar-refractivity contribution >= 4 is 17.6 Å². The van der Waals surface area contributed by atoms with Crippen molar-refractivity contribution in [2.45, 2.75) is 6.42 Å². The van der Waals surface area contributed by atoms with Gasteiger partial charge in [0.25, 0.3) is 0 Å². The van der Waals surface area contributed by atoms with E-state index in [0.717, 1.165) is 0 Å². The molecule has 2 rings (SSSR count). The lowest BCUT2D eigenvalue weighted by molar-refractivity contribution is -0.121. The van der Waals surface area contributed by atoms with Crippen molar-refractivity contribution in [2.24, 2.45) is 5.92 Å². The number of rotatable bonds is 4. The second kappa shape index (κ2) is 5.64. The molecule has 5 nitrogen and oxygen atoms in total. The van der Waals surface area contributed by atoms with E-state index in [-0.39, 0.29) is 11.9 Å². The molecule has 1 fully saturated rings. The molecule has 1 N–H and O–H groups in total. The molecule has 0 aromatic heterocycles. The first-order valence-corrected chi connectivity index (χ1v) is 5.75. The number of anilines is 1. The molecule has 0 unspecified atom stereocenters. The van der Waals surface area contributed by atoms with Gasteiger partial charge >= 0.3 is 5.97 Å². The zero-order valence-electron chi connectivity index (χ0n) is 10.1. The summed E-state index contributed by atoms with van der Waals surface area (Å²) in [5.41, 5.74) is 1.13. The van der Waals surface area contributed by atoms with E-state index >= 15 is 0 Å². The number of hydrogen-bond acceptors (Lipinski definition) is 4. The topological polar surface area (TPSA) is 64.6 Å². The Hall–Kier alpha value is -1.88. The molecule has 0 atom stereocenters. The van der Waals surface area contributed by atoms with E-state index in [1.165, 1.54) is 7.11 Å². The smallest absolute Gasteiger partial charge is 0.337 e. The van der Waals surface area contributed by atoms with E-state index in [1.807, 2.05) is 0 Å². The van der Waals surface area contributed by atoms with Crippen molar-refractivity contribution in [2.75, 3.05) is 25.6 Å². The SMILES string of the molecule is COC(=O)c1ccc(NC(=O)CC2COC2)cc1. The first kappa shape index (κ1) is 12.6. The van der Waals surface area contributed by atoms with Crippen LogP contribution in [-0.4, -0.2) is 32.2 Å². The van der Waals surface area contributed by atoms with Crippen LogP contribution in [0.1, 0.15) is 16.8 Å². The van der Waals surface area contributed by atoms with Crippen molar-refractivity contribution < 1.29 is 19.1 Å². The number of esters is 1. The molecule has 0 spiro atoms. The summed E-state index contributed by atoms with van der Waals surface area (Å²) in [6.45, 7) is 1.32. The van der Waals surface area contributed by atoms with Crippen molar-refractivity contribution in [3.63, 3.8) is 0 Å². The highest BCUT2D eigenvalue weighted by molar-refractivity contribution is 5.93. The van der Waals surface area contributed by atoms with Gasteiger partial charge in [-0.25, -0.2) is 4.79 Å². The number of methoxy groups -OCH3 is 1. The third-order valence-corrected chi connectivity index (χ3v) is 2.77. The molecule has 1 saturated heterocycles. The maximum atomic E-state index is 11.6. The zero-order valence-corrected chi connectivity index (χ0v) is 10.1. The zero-order chi connectivity index (χ0) is 13.0. The van der Waals surface area contributed by atoms with Gasteiger partial charge in [-0.3, -0.25) is 4.79 Å². The first-order valence-electron chi connectivity index (χ1n) is 5.75. The van der Waals surface area contributed by atoms with Crippen LogP contribution in [0.2, 0.25) is 0 Å². The van der Waals surface area contributed by atoms with Crippen LogP contribution < -0.4 is 5.32 Å². The second-order valence-corrected chi connectivity index (χ2v) is 4.22. The Labute approximate surface area is 105 Å². The quantitative estimate of drug-likeness (QED) is 0.820. The van der Waals surface area contributed by atoms with Crippen LogP contribution in [0.4, 0.5) is 5.69 Å². The van der Waals surface area contributed by atoms with Crippen LogP contribution in [0, 0.1) is 5.92 Å². The Balaban J connectivity index is 1.89. The molecule has 0 saturated carbocycles. The molecular formula is C13H15NO4. The van der Waals surface area contributed by atoms with E-state index in [1.54, 1.807) is 24.3 Å². The summed E-state index contributed by atoms with van der Waals surface area (Å²) in [6.07, 6.45) is 0.471. The number of amides is 1. The fraction of sp³-hybridized carbons (Fsp3) is 0.385. The predicted molar refractivity (Wildman–Crippen MR) is 65.3 cm³/mol. The van der Waals surface area contributed by atoms with E-state index in [0.29, 0.717) is 36.8 Å². The Morgan fingerprint density at radius 2 is 2.00 bits per heavy atom.